The maximum absolute atomic E-state index is 11.7. The lowest BCUT2D eigenvalue weighted by molar-refractivity contribution is -0.114. The Morgan fingerprint density at radius 3 is 2.48 bits per heavy atom. The minimum atomic E-state index is 0.263. The van der Waals surface area contributed by atoms with E-state index >= 15 is 0 Å². The SMILES string of the molecule is COc1ccc(C2=C(C)C(=O)CC2)cc1OC1CCCC1. The predicted octanol–water partition coefficient (Wildman–Crippen LogP) is 4.15. The van der Waals surface area contributed by atoms with Gasteiger partial charge in [-0.15, -0.1) is 0 Å². The van der Waals surface area contributed by atoms with Gasteiger partial charge in [0, 0.05) is 6.42 Å². The van der Waals surface area contributed by atoms with Crippen molar-refractivity contribution >= 4 is 11.4 Å². The van der Waals surface area contributed by atoms with Crippen molar-refractivity contribution in [3.05, 3.63) is 29.3 Å². The second-order valence-corrected chi connectivity index (χ2v) is 5.92. The molecule has 0 saturated heterocycles. The molecule has 21 heavy (non-hydrogen) atoms. The van der Waals surface area contributed by atoms with Crippen LogP contribution in [0.15, 0.2) is 23.8 Å². The van der Waals surface area contributed by atoms with Gasteiger partial charge in [0.15, 0.2) is 17.3 Å². The number of carbonyl (C=O) groups excluding carboxylic acids is 1. The molecule has 0 aliphatic heterocycles. The fraction of sp³-hybridized carbons (Fsp3) is 0.500. The van der Waals surface area contributed by atoms with Gasteiger partial charge in [0.25, 0.3) is 0 Å². The zero-order valence-corrected chi connectivity index (χ0v) is 12.8. The summed E-state index contributed by atoms with van der Waals surface area (Å²) in [6.45, 7) is 1.92. The van der Waals surface area contributed by atoms with E-state index < -0.39 is 0 Å². The van der Waals surface area contributed by atoms with Crippen molar-refractivity contribution in [3.8, 4) is 11.5 Å². The number of ketones is 1. The van der Waals surface area contributed by atoms with Crippen LogP contribution in [-0.2, 0) is 4.79 Å². The molecule has 0 spiro atoms. The van der Waals surface area contributed by atoms with Crippen molar-refractivity contribution in [2.24, 2.45) is 0 Å². The zero-order chi connectivity index (χ0) is 14.8. The number of allylic oxidation sites excluding steroid dienone is 2. The third-order valence-electron chi connectivity index (χ3n) is 4.58. The van der Waals surface area contributed by atoms with E-state index in [2.05, 4.69) is 0 Å². The number of methoxy groups -OCH3 is 1. The summed E-state index contributed by atoms with van der Waals surface area (Å²) < 4.78 is 11.5. The second kappa shape index (κ2) is 5.92. The van der Waals surface area contributed by atoms with Gasteiger partial charge in [-0.25, -0.2) is 0 Å². The number of benzene rings is 1. The van der Waals surface area contributed by atoms with Crippen molar-refractivity contribution in [1.82, 2.24) is 0 Å². The summed E-state index contributed by atoms with van der Waals surface area (Å²) in [5.74, 6) is 1.84. The first kappa shape index (κ1) is 14.2. The van der Waals surface area contributed by atoms with Crippen LogP contribution in [0, 0.1) is 0 Å². The standard InChI is InChI=1S/C18H22O3/c1-12-15(8-9-16(12)19)13-7-10-17(20-2)18(11-13)21-14-5-3-4-6-14/h7,10-11,14H,3-6,8-9H2,1-2H3. The van der Waals surface area contributed by atoms with Gasteiger partial charge in [-0.1, -0.05) is 6.07 Å². The zero-order valence-electron chi connectivity index (χ0n) is 12.8. The molecule has 1 fully saturated rings. The van der Waals surface area contributed by atoms with E-state index in [9.17, 15) is 4.79 Å². The van der Waals surface area contributed by atoms with Crippen molar-refractivity contribution in [3.63, 3.8) is 0 Å². The second-order valence-electron chi connectivity index (χ2n) is 5.92. The van der Waals surface area contributed by atoms with E-state index in [0.29, 0.717) is 12.5 Å². The molecule has 1 aromatic rings. The highest BCUT2D eigenvalue weighted by Gasteiger charge is 2.23. The maximum atomic E-state index is 11.7. The Hall–Kier alpha value is -1.77. The van der Waals surface area contributed by atoms with Crippen LogP contribution in [0.3, 0.4) is 0 Å². The number of Topliss-reactive ketones (excluding diaryl/α,β-unsaturated/α-hetero) is 1. The van der Waals surface area contributed by atoms with E-state index in [1.165, 1.54) is 12.8 Å². The Labute approximate surface area is 125 Å². The Kier molecular flexibility index (Phi) is 4.00. The predicted molar refractivity (Wildman–Crippen MR) is 82.7 cm³/mol. The largest absolute Gasteiger partial charge is 0.493 e. The van der Waals surface area contributed by atoms with E-state index in [1.807, 2.05) is 25.1 Å². The molecule has 1 saturated carbocycles. The fourth-order valence-electron chi connectivity index (χ4n) is 3.28. The van der Waals surface area contributed by atoms with Gasteiger partial charge in [-0.3, -0.25) is 4.79 Å². The molecule has 0 bridgehead atoms. The van der Waals surface area contributed by atoms with Gasteiger partial charge in [0.2, 0.25) is 0 Å². The Bertz CT molecular complexity index is 580. The molecule has 112 valence electrons. The molecule has 0 unspecified atom stereocenters. The normalized spacial score (nSPS) is 19.4. The Morgan fingerprint density at radius 1 is 1.10 bits per heavy atom. The molecule has 2 aliphatic carbocycles. The summed E-state index contributed by atoms with van der Waals surface area (Å²) in [5, 5.41) is 0. The summed E-state index contributed by atoms with van der Waals surface area (Å²) in [6.07, 6.45) is 6.48. The molecule has 3 rings (SSSR count). The van der Waals surface area contributed by atoms with Crippen LogP contribution in [0.25, 0.3) is 5.57 Å². The molecular formula is C18H22O3. The third-order valence-corrected chi connectivity index (χ3v) is 4.58. The molecule has 1 aromatic carbocycles. The van der Waals surface area contributed by atoms with Crippen LogP contribution in [-0.4, -0.2) is 19.0 Å². The summed E-state index contributed by atoms with van der Waals surface area (Å²) in [5.41, 5.74) is 3.14. The molecular weight excluding hydrogens is 264 g/mol. The quantitative estimate of drug-likeness (QED) is 0.834. The maximum Gasteiger partial charge on any atom is 0.162 e. The third kappa shape index (κ3) is 2.82. The van der Waals surface area contributed by atoms with E-state index in [1.54, 1.807) is 7.11 Å². The highest BCUT2D eigenvalue weighted by molar-refractivity contribution is 6.06. The van der Waals surface area contributed by atoms with Crippen LogP contribution < -0.4 is 9.47 Å². The molecule has 0 amide bonds. The molecule has 0 N–H and O–H groups in total. The van der Waals surface area contributed by atoms with Gasteiger partial charge in [0.05, 0.1) is 13.2 Å². The first-order valence-electron chi connectivity index (χ1n) is 7.77. The van der Waals surface area contributed by atoms with Crippen LogP contribution >= 0.6 is 0 Å². The van der Waals surface area contributed by atoms with Crippen LogP contribution in [0.4, 0.5) is 0 Å². The minimum Gasteiger partial charge on any atom is -0.493 e. The van der Waals surface area contributed by atoms with Crippen LogP contribution in [0.1, 0.15) is 51.0 Å². The topological polar surface area (TPSA) is 35.5 Å². The number of hydrogen-bond acceptors (Lipinski definition) is 3. The lowest BCUT2D eigenvalue weighted by Crippen LogP contribution is -2.11. The molecule has 0 atom stereocenters. The monoisotopic (exact) mass is 286 g/mol. The van der Waals surface area contributed by atoms with Gasteiger partial charge < -0.3 is 9.47 Å². The number of carbonyl (C=O) groups is 1. The van der Waals surface area contributed by atoms with E-state index in [-0.39, 0.29) is 5.78 Å². The highest BCUT2D eigenvalue weighted by Crippen LogP contribution is 2.38. The number of rotatable bonds is 4. The van der Waals surface area contributed by atoms with Crippen molar-refractivity contribution in [2.45, 2.75) is 51.6 Å². The Morgan fingerprint density at radius 2 is 1.86 bits per heavy atom. The number of hydrogen-bond donors (Lipinski definition) is 0. The molecule has 0 aromatic heterocycles. The van der Waals surface area contributed by atoms with Gasteiger partial charge in [0.1, 0.15) is 0 Å². The van der Waals surface area contributed by atoms with Crippen LogP contribution in [0.2, 0.25) is 0 Å². The highest BCUT2D eigenvalue weighted by atomic mass is 16.5. The fourth-order valence-corrected chi connectivity index (χ4v) is 3.28. The molecule has 3 nitrogen and oxygen atoms in total. The summed E-state index contributed by atoms with van der Waals surface area (Å²) in [6, 6.07) is 6.01. The van der Waals surface area contributed by atoms with Gasteiger partial charge in [-0.05, 0) is 67.9 Å². The van der Waals surface area contributed by atoms with Crippen LogP contribution in [0.5, 0.6) is 11.5 Å². The van der Waals surface area contributed by atoms with Crippen molar-refractivity contribution in [2.75, 3.05) is 7.11 Å². The van der Waals surface area contributed by atoms with E-state index in [0.717, 1.165) is 47.5 Å². The average Bonchev–Trinajstić information content (AvgIpc) is 3.11. The van der Waals surface area contributed by atoms with Crippen molar-refractivity contribution in [1.29, 1.82) is 0 Å². The summed E-state index contributed by atoms with van der Waals surface area (Å²) in [7, 11) is 1.67. The summed E-state index contributed by atoms with van der Waals surface area (Å²) >= 11 is 0. The molecule has 3 heteroatoms. The average molecular weight is 286 g/mol. The lowest BCUT2D eigenvalue weighted by atomic mass is 10.0. The summed E-state index contributed by atoms with van der Waals surface area (Å²) in [4.78, 5) is 11.7. The Balaban J connectivity index is 1.91. The first-order valence-corrected chi connectivity index (χ1v) is 7.77. The molecule has 2 aliphatic rings. The molecule has 0 radical (unpaired) electrons. The first-order chi connectivity index (χ1) is 10.2. The van der Waals surface area contributed by atoms with Gasteiger partial charge >= 0.3 is 0 Å². The van der Waals surface area contributed by atoms with Crippen molar-refractivity contribution < 1.29 is 14.3 Å². The number of ether oxygens (including phenoxy) is 2. The van der Waals surface area contributed by atoms with E-state index in [4.69, 9.17) is 9.47 Å². The smallest absolute Gasteiger partial charge is 0.162 e. The molecule has 0 heterocycles. The van der Waals surface area contributed by atoms with Gasteiger partial charge in [-0.2, -0.15) is 0 Å². The minimum absolute atomic E-state index is 0.263. The lowest BCUT2D eigenvalue weighted by Gasteiger charge is -2.17.